The molecule has 4 aromatic rings. The van der Waals surface area contributed by atoms with Gasteiger partial charge in [0.2, 0.25) is 26.6 Å². The predicted octanol–water partition coefficient (Wildman–Crippen LogP) is 4.18. The molecular formula is C27H24N4O7S. The molecule has 3 heterocycles. The van der Waals surface area contributed by atoms with Gasteiger partial charge in [-0.2, -0.15) is 4.98 Å². The molecular weight excluding hydrogens is 524 g/mol. The molecule has 0 N–H and O–H groups in total. The fourth-order valence-electron chi connectivity index (χ4n) is 4.71. The van der Waals surface area contributed by atoms with Crippen molar-refractivity contribution in [2.75, 3.05) is 49.2 Å². The van der Waals surface area contributed by atoms with E-state index in [9.17, 15) is 18.5 Å². The zero-order chi connectivity index (χ0) is 27.0. The van der Waals surface area contributed by atoms with Crippen molar-refractivity contribution < 1.29 is 27.2 Å². The van der Waals surface area contributed by atoms with Gasteiger partial charge >= 0.3 is 0 Å². The summed E-state index contributed by atoms with van der Waals surface area (Å²) in [5.41, 5.74) is 0.928. The first kappa shape index (κ1) is 24.7. The summed E-state index contributed by atoms with van der Waals surface area (Å²) in [7, 11) is -4.20. The number of ether oxygens (including phenoxy) is 2. The highest BCUT2D eigenvalue weighted by atomic mass is 32.2. The van der Waals surface area contributed by atoms with Crippen LogP contribution in [0.4, 0.5) is 17.3 Å². The third-order valence-corrected chi connectivity index (χ3v) is 8.33. The number of hydrogen-bond acceptors (Lipinski definition) is 10. The lowest BCUT2D eigenvalue weighted by molar-refractivity contribution is -0.384. The number of nitro groups is 1. The van der Waals surface area contributed by atoms with E-state index in [0.29, 0.717) is 50.9 Å². The molecule has 11 nitrogen and oxygen atoms in total. The number of nitro benzene ring substituents is 1. The smallest absolute Gasteiger partial charge is 0.282 e. The number of benzene rings is 3. The number of para-hydroxylation sites is 2. The number of rotatable bonds is 6. The van der Waals surface area contributed by atoms with Crippen LogP contribution in [0.25, 0.3) is 11.5 Å². The van der Waals surface area contributed by atoms with Gasteiger partial charge in [0.05, 0.1) is 9.82 Å². The van der Waals surface area contributed by atoms with Gasteiger partial charge in [0.25, 0.3) is 5.69 Å². The van der Waals surface area contributed by atoms with Crippen LogP contribution in [-0.4, -0.2) is 57.7 Å². The van der Waals surface area contributed by atoms with Gasteiger partial charge in [0.15, 0.2) is 11.5 Å². The average Bonchev–Trinajstić information content (AvgIpc) is 3.44. The van der Waals surface area contributed by atoms with Crippen LogP contribution >= 0.6 is 0 Å². The van der Waals surface area contributed by atoms with Crippen LogP contribution in [0.3, 0.4) is 0 Å². The molecule has 0 spiro atoms. The summed E-state index contributed by atoms with van der Waals surface area (Å²) >= 11 is 0. The highest BCUT2D eigenvalue weighted by Crippen LogP contribution is 2.40. The van der Waals surface area contributed by atoms with Crippen LogP contribution in [-0.2, 0) is 9.84 Å². The highest BCUT2D eigenvalue weighted by molar-refractivity contribution is 7.91. The SMILES string of the molecule is O=[N+]([O-])c1ccccc1-c1nc(S(=O)(=O)c2ccc3c(c2)OCCO3)c(N2CCN(c3ccccc3)CC2)o1. The lowest BCUT2D eigenvalue weighted by Crippen LogP contribution is -2.46. The Morgan fingerprint density at radius 2 is 1.49 bits per heavy atom. The quantitative estimate of drug-likeness (QED) is 0.256. The average molecular weight is 549 g/mol. The summed E-state index contributed by atoms with van der Waals surface area (Å²) < 4.78 is 45.1. The Kier molecular flexibility index (Phi) is 6.31. The van der Waals surface area contributed by atoms with Gasteiger partial charge in [0, 0.05) is 44.0 Å². The molecule has 200 valence electrons. The molecule has 0 unspecified atom stereocenters. The number of oxazole rings is 1. The minimum absolute atomic E-state index is 0.0432. The molecule has 2 aliphatic rings. The van der Waals surface area contributed by atoms with Crippen molar-refractivity contribution in [3.05, 3.63) is 82.9 Å². The Balaban J connectivity index is 1.41. The Morgan fingerprint density at radius 3 is 2.23 bits per heavy atom. The summed E-state index contributed by atoms with van der Waals surface area (Å²) in [6.07, 6.45) is 0. The Morgan fingerprint density at radius 1 is 0.821 bits per heavy atom. The van der Waals surface area contributed by atoms with Crippen molar-refractivity contribution in [2.45, 2.75) is 9.92 Å². The Hall–Kier alpha value is -4.58. The van der Waals surface area contributed by atoms with E-state index in [-0.39, 0.29) is 32.9 Å². The summed E-state index contributed by atoms with van der Waals surface area (Å²) in [4.78, 5) is 19.5. The van der Waals surface area contributed by atoms with Crippen molar-refractivity contribution >= 4 is 27.1 Å². The Labute approximate surface area is 224 Å². The number of fused-ring (bicyclic) bond motifs is 1. The van der Waals surface area contributed by atoms with E-state index in [0.717, 1.165) is 5.69 Å². The molecule has 3 aromatic carbocycles. The second-order valence-electron chi connectivity index (χ2n) is 9.02. The first-order valence-electron chi connectivity index (χ1n) is 12.4. The van der Waals surface area contributed by atoms with E-state index in [2.05, 4.69) is 9.88 Å². The number of nitrogens with zero attached hydrogens (tertiary/aromatic N) is 4. The maximum absolute atomic E-state index is 13.9. The van der Waals surface area contributed by atoms with Crippen LogP contribution in [0, 0.1) is 10.1 Å². The third-order valence-electron chi connectivity index (χ3n) is 6.68. The monoisotopic (exact) mass is 548 g/mol. The topological polar surface area (TPSA) is 128 Å². The van der Waals surface area contributed by atoms with Crippen molar-refractivity contribution in [1.82, 2.24) is 4.98 Å². The van der Waals surface area contributed by atoms with Gasteiger partial charge in [-0.25, -0.2) is 8.42 Å². The number of sulfone groups is 1. The molecule has 2 aliphatic heterocycles. The third kappa shape index (κ3) is 4.63. The van der Waals surface area contributed by atoms with Crippen LogP contribution in [0.5, 0.6) is 11.5 Å². The molecule has 6 rings (SSSR count). The lowest BCUT2D eigenvalue weighted by Gasteiger charge is -2.36. The van der Waals surface area contributed by atoms with E-state index < -0.39 is 14.8 Å². The van der Waals surface area contributed by atoms with Crippen molar-refractivity contribution in [1.29, 1.82) is 0 Å². The summed E-state index contributed by atoms with van der Waals surface area (Å²) in [5, 5.41) is 11.4. The van der Waals surface area contributed by atoms with Crippen molar-refractivity contribution in [2.24, 2.45) is 0 Å². The molecule has 1 saturated heterocycles. The van der Waals surface area contributed by atoms with Gasteiger partial charge < -0.3 is 23.7 Å². The first-order chi connectivity index (χ1) is 18.9. The van der Waals surface area contributed by atoms with Gasteiger partial charge in [-0.15, -0.1) is 0 Å². The maximum atomic E-state index is 13.9. The number of aromatic nitrogens is 1. The van der Waals surface area contributed by atoms with Crippen LogP contribution in [0.2, 0.25) is 0 Å². The van der Waals surface area contributed by atoms with Gasteiger partial charge in [-0.05, 0) is 30.3 Å². The zero-order valence-electron chi connectivity index (χ0n) is 20.7. The van der Waals surface area contributed by atoms with Crippen LogP contribution < -0.4 is 19.3 Å². The van der Waals surface area contributed by atoms with Crippen molar-refractivity contribution in [3.8, 4) is 23.0 Å². The highest BCUT2D eigenvalue weighted by Gasteiger charge is 2.35. The molecule has 1 fully saturated rings. The molecule has 1 aromatic heterocycles. The first-order valence-corrected chi connectivity index (χ1v) is 13.8. The van der Waals surface area contributed by atoms with Crippen LogP contribution in [0.15, 0.2) is 87.1 Å². The molecule has 0 bridgehead atoms. The minimum Gasteiger partial charge on any atom is -0.486 e. The predicted molar refractivity (Wildman–Crippen MR) is 142 cm³/mol. The van der Waals surface area contributed by atoms with E-state index >= 15 is 0 Å². The number of anilines is 2. The fourth-order valence-corrected chi connectivity index (χ4v) is 6.05. The standard InChI is InChI=1S/C27H24N4O7S/c32-31(33)22-9-5-4-8-21(22)25-28-26(39(34,35)20-10-11-23-24(18-20)37-17-16-36-23)27(38-25)30-14-12-29(13-15-30)19-6-2-1-3-7-19/h1-11,18H,12-17H2. The number of hydrogen-bond donors (Lipinski definition) is 0. The summed E-state index contributed by atoms with van der Waals surface area (Å²) in [6, 6.07) is 20.3. The fraction of sp³-hybridized carbons (Fsp3) is 0.222. The van der Waals surface area contributed by atoms with Crippen molar-refractivity contribution in [3.63, 3.8) is 0 Å². The molecule has 0 atom stereocenters. The summed E-state index contributed by atoms with van der Waals surface area (Å²) in [5.74, 6) is 0.686. The lowest BCUT2D eigenvalue weighted by atomic mass is 10.2. The zero-order valence-corrected chi connectivity index (χ0v) is 21.5. The minimum atomic E-state index is -4.20. The van der Waals surface area contributed by atoms with E-state index in [1.54, 1.807) is 12.1 Å². The van der Waals surface area contributed by atoms with Gasteiger partial charge in [0.1, 0.15) is 18.8 Å². The molecule has 12 heteroatoms. The number of piperazine rings is 1. The van der Waals surface area contributed by atoms with E-state index in [4.69, 9.17) is 13.9 Å². The molecule has 0 radical (unpaired) electrons. The van der Waals surface area contributed by atoms with Crippen LogP contribution in [0.1, 0.15) is 0 Å². The summed E-state index contributed by atoms with van der Waals surface area (Å²) in [6.45, 7) is 2.85. The van der Waals surface area contributed by atoms with E-state index in [1.165, 1.54) is 30.3 Å². The maximum Gasteiger partial charge on any atom is 0.282 e. The Bertz CT molecular complexity index is 1630. The van der Waals surface area contributed by atoms with E-state index in [1.807, 2.05) is 35.2 Å². The second-order valence-corrected chi connectivity index (χ2v) is 10.9. The second kappa shape index (κ2) is 9.95. The normalized spacial score (nSPS) is 15.3. The molecule has 0 amide bonds. The molecule has 39 heavy (non-hydrogen) atoms. The molecule has 0 saturated carbocycles. The largest absolute Gasteiger partial charge is 0.486 e. The van der Waals surface area contributed by atoms with Gasteiger partial charge in [-0.1, -0.05) is 30.3 Å². The molecule has 0 aliphatic carbocycles. The van der Waals surface area contributed by atoms with Gasteiger partial charge in [-0.3, -0.25) is 10.1 Å².